The smallest absolute Gasteiger partial charge is 0.251 e. The summed E-state index contributed by atoms with van der Waals surface area (Å²) in [5.41, 5.74) is 1.68. The molecule has 31 heavy (non-hydrogen) atoms. The van der Waals surface area contributed by atoms with Crippen LogP contribution in [-0.2, 0) is 16.0 Å². The summed E-state index contributed by atoms with van der Waals surface area (Å²) in [5.74, 6) is 1.39. The molecule has 0 aromatic heterocycles. The molecule has 1 aliphatic rings. The third-order valence-electron chi connectivity index (χ3n) is 5.40. The Morgan fingerprint density at radius 3 is 2.81 bits per heavy atom. The lowest BCUT2D eigenvalue weighted by atomic mass is 10.0. The number of hydrogen-bond acceptors (Lipinski definition) is 4. The summed E-state index contributed by atoms with van der Waals surface area (Å²) in [4.78, 5) is 17.0. The van der Waals surface area contributed by atoms with Gasteiger partial charge in [-0.25, -0.2) is 4.99 Å². The first-order valence-electron chi connectivity index (χ1n) is 11.7. The quantitative estimate of drug-likeness (QED) is 0.269. The van der Waals surface area contributed by atoms with Crippen molar-refractivity contribution in [3.8, 4) is 0 Å². The number of hydrogen-bond donors (Lipinski definition) is 3. The van der Waals surface area contributed by atoms with E-state index in [1.165, 1.54) is 0 Å². The molecule has 7 heteroatoms. The minimum atomic E-state index is -0.0361. The first-order valence-corrected chi connectivity index (χ1v) is 11.7. The summed E-state index contributed by atoms with van der Waals surface area (Å²) in [6.45, 7) is 11.5. The van der Waals surface area contributed by atoms with Gasteiger partial charge in [0.1, 0.15) is 0 Å². The van der Waals surface area contributed by atoms with Crippen molar-refractivity contribution in [3.05, 3.63) is 35.4 Å². The van der Waals surface area contributed by atoms with Crippen molar-refractivity contribution in [2.45, 2.75) is 59.0 Å². The highest BCUT2D eigenvalue weighted by atomic mass is 16.5. The van der Waals surface area contributed by atoms with E-state index in [1.807, 2.05) is 38.1 Å². The number of guanidine groups is 1. The van der Waals surface area contributed by atoms with Gasteiger partial charge in [0, 0.05) is 51.1 Å². The Bertz CT molecular complexity index is 675. The van der Waals surface area contributed by atoms with Crippen LogP contribution in [-0.4, -0.2) is 57.4 Å². The number of nitrogens with zero attached hydrogens (tertiary/aromatic N) is 1. The number of aliphatic imine (C=N–C) groups is 1. The standard InChI is InChI=1S/C24H40N4O3/c1-4-19(3)28-23(29)22-9-6-8-21(16-22)17-27-24(25-5-2)26-12-7-13-31-18-20-10-14-30-15-11-20/h6,8-9,16,19-20H,4-5,7,10-15,17-18H2,1-3H3,(H,28,29)(H2,25,26,27). The van der Waals surface area contributed by atoms with Gasteiger partial charge in [-0.2, -0.15) is 0 Å². The minimum absolute atomic E-state index is 0.0361. The van der Waals surface area contributed by atoms with Crippen molar-refractivity contribution in [2.24, 2.45) is 10.9 Å². The highest BCUT2D eigenvalue weighted by molar-refractivity contribution is 5.94. The second-order valence-electron chi connectivity index (χ2n) is 8.09. The summed E-state index contributed by atoms with van der Waals surface area (Å²) in [6.07, 6.45) is 4.05. The Balaban J connectivity index is 1.74. The largest absolute Gasteiger partial charge is 0.381 e. The second-order valence-corrected chi connectivity index (χ2v) is 8.09. The van der Waals surface area contributed by atoms with E-state index in [0.717, 1.165) is 76.7 Å². The van der Waals surface area contributed by atoms with Gasteiger partial charge < -0.3 is 25.4 Å². The molecule has 3 N–H and O–H groups in total. The molecule has 1 unspecified atom stereocenters. The molecule has 2 rings (SSSR count). The predicted octanol–water partition coefficient (Wildman–Crippen LogP) is 3.10. The maximum Gasteiger partial charge on any atom is 0.251 e. The van der Waals surface area contributed by atoms with Crippen LogP contribution >= 0.6 is 0 Å². The SMILES string of the molecule is CCNC(=NCc1cccc(C(=O)NC(C)CC)c1)NCCCOCC1CCOCC1. The van der Waals surface area contributed by atoms with E-state index in [0.29, 0.717) is 18.0 Å². The fourth-order valence-electron chi connectivity index (χ4n) is 3.28. The lowest BCUT2D eigenvalue weighted by Gasteiger charge is -2.21. The van der Waals surface area contributed by atoms with Crippen LogP contribution in [0.2, 0.25) is 0 Å². The van der Waals surface area contributed by atoms with Crippen LogP contribution < -0.4 is 16.0 Å². The Hall–Kier alpha value is -2.12. The van der Waals surface area contributed by atoms with Crippen LogP contribution in [0.4, 0.5) is 0 Å². The molecule has 1 amide bonds. The van der Waals surface area contributed by atoms with Crippen molar-refractivity contribution in [1.29, 1.82) is 0 Å². The van der Waals surface area contributed by atoms with Gasteiger partial charge in [-0.3, -0.25) is 4.79 Å². The van der Waals surface area contributed by atoms with Crippen LogP contribution in [0, 0.1) is 5.92 Å². The molecule has 1 atom stereocenters. The molecule has 174 valence electrons. The number of carbonyl (C=O) groups excluding carboxylic acids is 1. The van der Waals surface area contributed by atoms with Crippen molar-refractivity contribution in [3.63, 3.8) is 0 Å². The fourth-order valence-corrected chi connectivity index (χ4v) is 3.28. The summed E-state index contributed by atoms with van der Waals surface area (Å²) < 4.78 is 11.2. The Morgan fingerprint density at radius 2 is 2.06 bits per heavy atom. The van der Waals surface area contributed by atoms with Crippen molar-refractivity contribution in [1.82, 2.24) is 16.0 Å². The van der Waals surface area contributed by atoms with Crippen LogP contribution in [0.3, 0.4) is 0 Å². The zero-order chi connectivity index (χ0) is 22.3. The molecule has 0 spiro atoms. The average Bonchev–Trinajstić information content (AvgIpc) is 2.80. The van der Waals surface area contributed by atoms with Crippen molar-refractivity contribution < 1.29 is 14.3 Å². The summed E-state index contributed by atoms with van der Waals surface area (Å²) >= 11 is 0. The number of ether oxygens (including phenoxy) is 2. The highest BCUT2D eigenvalue weighted by Gasteiger charge is 2.13. The summed E-state index contributed by atoms with van der Waals surface area (Å²) in [6, 6.07) is 7.83. The number of benzene rings is 1. The highest BCUT2D eigenvalue weighted by Crippen LogP contribution is 2.14. The lowest BCUT2D eigenvalue weighted by Crippen LogP contribution is -2.38. The summed E-state index contributed by atoms with van der Waals surface area (Å²) in [5, 5.41) is 9.64. The molecular weight excluding hydrogens is 392 g/mol. The average molecular weight is 433 g/mol. The third kappa shape index (κ3) is 10.2. The molecule has 1 saturated heterocycles. The van der Waals surface area contributed by atoms with Gasteiger partial charge in [0.25, 0.3) is 5.91 Å². The number of amides is 1. The van der Waals surface area contributed by atoms with Crippen LogP contribution in [0.5, 0.6) is 0 Å². The number of carbonyl (C=O) groups is 1. The van der Waals surface area contributed by atoms with E-state index in [2.05, 4.69) is 27.9 Å². The van der Waals surface area contributed by atoms with Crippen molar-refractivity contribution in [2.75, 3.05) is 39.5 Å². The molecular formula is C24H40N4O3. The van der Waals surface area contributed by atoms with Gasteiger partial charge in [-0.15, -0.1) is 0 Å². The Morgan fingerprint density at radius 1 is 1.26 bits per heavy atom. The van der Waals surface area contributed by atoms with Crippen LogP contribution in [0.15, 0.2) is 29.3 Å². The Labute approximate surface area is 187 Å². The van der Waals surface area contributed by atoms with Crippen molar-refractivity contribution >= 4 is 11.9 Å². The van der Waals surface area contributed by atoms with Gasteiger partial charge in [-0.05, 0) is 63.1 Å². The molecule has 0 aliphatic carbocycles. The first kappa shape index (κ1) is 25.1. The third-order valence-corrected chi connectivity index (χ3v) is 5.40. The van der Waals surface area contributed by atoms with E-state index >= 15 is 0 Å². The van der Waals surface area contributed by atoms with Gasteiger partial charge in [0.2, 0.25) is 0 Å². The van der Waals surface area contributed by atoms with Gasteiger partial charge in [-0.1, -0.05) is 19.1 Å². The van der Waals surface area contributed by atoms with E-state index in [4.69, 9.17) is 9.47 Å². The number of rotatable bonds is 12. The molecule has 1 heterocycles. The Kier molecular flexibility index (Phi) is 12.0. The predicted molar refractivity (Wildman–Crippen MR) is 125 cm³/mol. The van der Waals surface area contributed by atoms with E-state index in [1.54, 1.807) is 0 Å². The second kappa shape index (κ2) is 14.8. The van der Waals surface area contributed by atoms with Gasteiger partial charge in [0.15, 0.2) is 5.96 Å². The molecule has 0 saturated carbocycles. The maximum absolute atomic E-state index is 12.3. The summed E-state index contributed by atoms with van der Waals surface area (Å²) in [7, 11) is 0. The minimum Gasteiger partial charge on any atom is -0.381 e. The molecule has 0 radical (unpaired) electrons. The number of nitrogens with one attached hydrogen (secondary N) is 3. The maximum atomic E-state index is 12.3. The van der Waals surface area contributed by atoms with E-state index in [9.17, 15) is 4.79 Å². The van der Waals surface area contributed by atoms with Crippen LogP contribution in [0.25, 0.3) is 0 Å². The molecule has 1 aliphatic heterocycles. The van der Waals surface area contributed by atoms with E-state index < -0.39 is 0 Å². The first-order chi connectivity index (χ1) is 15.1. The molecule has 1 aromatic carbocycles. The topological polar surface area (TPSA) is 84.0 Å². The molecule has 7 nitrogen and oxygen atoms in total. The van der Waals surface area contributed by atoms with Gasteiger partial charge in [0.05, 0.1) is 6.54 Å². The van der Waals surface area contributed by atoms with Gasteiger partial charge >= 0.3 is 0 Å². The van der Waals surface area contributed by atoms with Crippen LogP contribution in [0.1, 0.15) is 62.4 Å². The monoisotopic (exact) mass is 432 g/mol. The molecule has 1 fully saturated rings. The zero-order valence-electron chi connectivity index (χ0n) is 19.4. The molecule has 0 bridgehead atoms. The lowest BCUT2D eigenvalue weighted by molar-refractivity contribution is 0.0203. The molecule has 1 aromatic rings. The van der Waals surface area contributed by atoms with E-state index in [-0.39, 0.29) is 11.9 Å². The fraction of sp³-hybridized carbons (Fsp3) is 0.667. The zero-order valence-corrected chi connectivity index (χ0v) is 19.4. The normalized spacial score (nSPS) is 16.0.